The monoisotopic (exact) mass is 333 g/mol. The molecule has 0 aliphatic carbocycles. The topological polar surface area (TPSA) is 64.1 Å². The van der Waals surface area contributed by atoms with Crippen LogP contribution >= 0.6 is 0 Å². The number of fused-ring (bicyclic) bond motifs is 2. The van der Waals surface area contributed by atoms with Crippen molar-refractivity contribution in [2.45, 2.75) is 30.7 Å². The van der Waals surface area contributed by atoms with Gasteiger partial charge in [-0.2, -0.15) is 0 Å². The molecule has 2 atom stereocenters. The van der Waals surface area contributed by atoms with Gasteiger partial charge in [0.2, 0.25) is 5.91 Å². The van der Waals surface area contributed by atoms with E-state index >= 15 is 0 Å². The highest BCUT2D eigenvalue weighted by Gasteiger charge is 2.63. The number of β-amino-alcohol motifs (C(OH)–C–C–N with tert-alkyl or cyclic N) is 1. The maximum absolute atomic E-state index is 14.0. The van der Waals surface area contributed by atoms with Gasteiger partial charge in [-0.3, -0.25) is 19.4 Å². The van der Waals surface area contributed by atoms with Crippen molar-refractivity contribution >= 4 is 11.8 Å². The van der Waals surface area contributed by atoms with E-state index in [9.17, 15) is 19.1 Å². The molecule has 3 heterocycles. The van der Waals surface area contributed by atoms with Gasteiger partial charge in [0.05, 0.1) is 18.7 Å². The molecule has 1 spiro atoms. The Balaban J connectivity index is 1.68. The summed E-state index contributed by atoms with van der Waals surface area (Å²) in [6, 6.07) is 5.68. The third kappa shape index (κ3) is 2.12. The van der Waals surface area contributed by atoms with Crippen LogP contribution in [0.3, 0.4) is 0 Å². The Bertz CT molecular complexity index is 704. The maximum Gasteiger partial charge on any atom is 0.252 e. The van der Waals surface area contributed by atoms with Gasteiger partial charge >= 0.3 is 0 Å². The lowest BCUT2D eigenvalue weighted by Crippen LogP contribution is -2.80. The summed E-state index contributed by atoms with van der Waals surface area (Å²) in [4.78, 5) is 30.9. The molecule has 3 aliphatic rings. The first kappa shape index (κ1) is 15.7. The molecule has 0 radical (unpaired) electrons. The van der Waals surface area contributed by atoms with E-state index in [4.69, 9.17) is 0 Å². The molecule has 3 saturated heterocycles. The summed E-state index contributed by atoms with van der Waals surface area (Å²) in [6.07, 6.45) is -0.284. The van der Waals surface area contributed by atoms with Crippen molar-refractivity contribution in [1.29, 1.82) is 0 Å². The lowest BCUT2D eigenvalue weighted by molar-refractivity contribution is -0.179. The predicted molar refractivity (Wildman–Crippen MR) is 83.3 cm³/mol. The van der Waals surface area contributed by atoms with Crippen molar-refractivity contribution in [2.75, 3.05) is 26.7 Å². The molecular formula is C17H20FN3O3. The Morgan fingerprint density at radius 2 is 2.00 bits per heavy atom. The number of imide groups is 1. The van der Waals surface area contributed by atoms with E-state index in [1.165, 1.54) is 11.0 Å². The smallest absolute Gasteiger partial charge is 0.252 e. The number of hydrogen-bond acceptors (Lipinski definition) is 5. The zero-order valence-corrected chi connectivity index (χ0v) is 13.5. The predicted octanol–water partition coefficient (Wildman–Crippen LogP) is -0.186. The largest absolute Gasteiger partial charge is 0.392 e. The Morgan fingerprint density at radius 1 is 1.29 bits per heavy atom. The first-order chi connectivity index (χ1) is 11.4. The molecule has 0 unspecified atom stereocenters. The molecule has 1 aromatic rings. The Hall–Kier alpha value is -1.83. The summed E-state index contributed by atoms with van der Waals surface area (Å²) in [7, 11) is 1.91. The van der Waals surface area contributed by atoms with Crippen LogP contribution in [-0.4, -0.2) is 76.0 Å². The molecule has 1 aromatic carbocycles. The molecule has 1 N–H and O–H groups in total. The van der Waals surface area contributed by atoms with Crippen molar-refractivity contribution in [3.8, 4) is 0 Å². The number of likely N-dealkylation sites (tertiary alicyclic amines) is 1. The fourth-order valence-corrected chi connectivity index (χ4v) is 4.29. The summed E-state index contributed by atoms with van der Waals surface area (Å²) in [5.41, 5.74) is -0.440. The number of aliphatic hydroxyl groups is 1. The van der Waals surface area contributed by atoms with Crippen LogP contribution in [0, 0.1) is 5.82 Å². The quantitative estimate of drug-likeness (QED) is 0.761. The van der Waals surface area contributed by atoms with Crippen molar-refractivity contribution in [1.82, 2.24) is 14.7 Å². The molecule has 128 valence electrons. The fraction of sp³-hybridized carbons (Fsp3) is 0.529. The van der Waals surface area contributed by atoms with Crippen LogP contribution in [-0.2, 0) is 16.1 Å². The molecule has 6 nitrogen and oxygen atoms in total. The van der Waals surface area contributed by atoms with Crippen LogP contribution < -0.4 is 0 Å². The van der Waals surface area contributed by atoms with Gasteiger partial charge < -0.3 is 10.0 Å². The van der Waals surface area contributed by atoms with Gasteiger partial charge in [0.1, 0.15) is 11.4 Å². The number of halogens is 1. The normalized spacial score (nSPS) is 29.9. The number of amides is 2. The Labute approximate surface area is 139 Å². The number of hydrogen-bond donors (Lipinski definition) is 1. The van der Waals surface area contributed by atoms with Gasteiger partial charge in [0.15, 0.2) is 0 Å². The minimum Gasteiger partial charge on any atom is -0.392 e. The first-order valence-corrected chi connectivity index (χ1v) is 8.15. The molecule has 3 fully saturated rings. The lowest BCUT2D eigenvalue weighted by atomic mass is 9.83. The van der Waals surface area contributed by atoms with E-state index in [0.717, 1.165) is 0 Å². The number of rotatable bonds is 2. The lowest BCUT2D eigenvalue weighted by Gasteiger charge is -2.57. The SMILES string of the molecule is CN1CC2(C1)C(=O)N(Cc1ccccc1F)C(=O)[C@@H]1C[C@@H](O)CN12. The Morgan fingerprint density at radius 3 is 2.67 bits per heavy atom. The van der Waals surface area contributed by atoms with Gasteiger partial charge in [0.25, 0.3) is 5.91 Å². The number of nitrogens with zero attached hydrogens (tertiary/aromatic N) is 3. The van der Waals surface area contributed by atoms with E-state index < -0.39 is 23.5 Å². The van der Waals surface area contributed by atoms with Crippen LogP contribution in [0.2, 0.25) is 0 Å². The van der Waals surface area contributed by atoms with Crippen molar-refractivity contribution in [3.05, 3.63) is 35.6 Å². The van der Waals surface area contributed by atoms with Crippen LogP contribution in [0.15, 0.2) is 24.3 Å². The van der Waals surface area contributed by atoms with Crippen LogP contribution in [0.25, 0.3) is 0 Å². The van der Waals surface area contributed by atoms with E-state index in [-0.39, 0.29) is 18.4 Å². The van der Waals surface area contributed by atoms with Gasteiger partial charge in [-0.25, -0.2) is 4.39 Å². The molecule has 0 bridgehead atoms. The molecule has 2 amide bonds. The molecule has 7 heteroatoms. The fourth-order valence-electron chi connectivity index (χ4n) is 4.29. The van der Waals surface area contributed by atoms with Crippen LogP contribution in [0.4, 0.5) is 4.39 Å². The van der Waals surface area contributed by atoms with Crippen molar-refractivity contribution in [2.24, 2.45) is 0 Å². The number of piperazine rings is 1. The summed E-state index contributed by atoms with van der Waals surface area (Å²) in [5.74, 6) is -1.04. The molecular weight excluding hydrogens is 313 g/mol. The highest BCUT2D eigenvalue weighted by atomic mass is 19.1. The second-order valence-electron chi connectivity index (χ2n) is 7.08. The highest BCUT2D eigenvalue weighted by molar-refractivity contribution is 6.06. The molecule has 0 aromatic heterocycles. The van der Waals surface area contributed by atoms with Crippen molar-refractivity contribution < 1.29 is 19.1 Å². The van der Waals surface area contributed by atoms with E-state index in [0.29, 0.717) is 31.6 Å². The van der Waals surface area contributed by atoms with Crippen molar-refractivity contribution in [3.63, 3.8) is 0 Å². The Kier molecular flexibility index (Phi) is 3.49. The summed E-state index contributed by atoms with van der Waals surface area (Å²) < 4.78 is 14.0. The zero-order valence-electron chi connectivity index (χ0n) is 13.5. The molecule has 4 rings (SSSR count). The summed E-state index contributed by atoms with van der Waals surface area (Å²) >= 11 is 0. The third-order valence-corrected chi connectivity index (χ3v) is 5.37. The van der Waals surface area contributed by atoms with Gasteiger partial charge in [0, 0.05) is 25.2 Å². The van der Waals surface area contributed by atoms with Gasteiger partial charge in [-0.15, -0.1) is 0 Å². The maximum atomic E-state index is 14.0. The minimum absolute atomic E-state index is 0.0593. The van der Waals surface area contributed by atoms with Gasteiger partial charge in [-0.1, -0.05) is 18.2 Å². The first-order valence-electron chi connectivity index (χ1n) is 8.15. The van der Waals surface area contributed by atoms with E-state index in [2.05, 4.69) is 0 Å². The summed E-state index contributed by atoms with van der Waals surface area (Å²) in [5, 5.41) is 10.0. The molecule has 3 aliphatic heterocycles. The number of benzene rings is 1. The third-order valence-electron chi connectivity index (χ3n) is 5.37. The number of likely N-dealkylation sites (N-methyl/N-ethyl adjacent to an activating group) is 1. The second-order valence-corrected chi connectivity index (χ2v) is 7.08. The standard InChI is InChI=1S/C17H20FN3O3/c1-19-9-17(10-19)16(24)20(7-11-4-2-3-5-13(11)18)15(23)14-6-12(22)8-21(14)17/h2-5,12,14,22H,6-10H2,1H3/t12-,14+/m1/s1. The van der Waals surface area contributed by atoms with Gasteiger partial charge in [-0.05, 0) is 19.5 Å². The highest BCUT2D eigenvalue weighted by Crippen LogP contribution is 2.40. The molecule has 0 saturated carbocycles. The number of carbonyl (C=O) groups excluding carboxylic acids is 2. The van der Waals surface area contributed by atoms with E-state index in [1.807, 2.05) is 16.8 Å². The average molecular weight is 333 g/mol. The van der Waals surface area contributed by atoms with Crippen LogP contribution in [0.1, 0.15) is 12.0 Å². The van der Waals surface area contributed by atoms with Crippen LogP contribution in [0.5, 0.6) is 0 Å². The van der Waals surface area contributed by atoms with E-state index in [1.54, 1.807) is 18.2 Å². The second kappa shape index (κ2) is 5.34. The molecule has 24 heavy (non-hydrogen) atoms. The average Bonchev–Trinajstić information content (AvgIpc) is 2.91. The minimum atomic E-state index is -0.768. The number of carbonyl (C=O) groups is 2. The number of aliphatic hydroxyl groups excluding tert-OH is 1. The summed E-state index contributed by atoms with van der Waals surface area (Å²) in [6.45, 7) is 1.33. The zero-order chi connectivity index (χ0) is 17.1.